The van der Waals surface area contributed by atoms with Crippen LogP contribution in [0.4, 0.5) is 5.69 Å². The number of aliphatic imine (C=N–C) groups is 1. The van der Waals surface area contributed by atoms with Crippen LogP contribution in [0.15, 0.2) is 75.8 Å². The van der Waals surface area contributed by atoms with Crippen LogP contribution in [0, 0.1) is 5.41 Å². The molecule has 0 spiro atoms. The van der Waals surface area contributed by atoms with Crippen molar-refractivity contribution in [3.05, 3.63) is 71.5 Å². The van der Waals surface area contributed by atoms with E-state index in [1.807, 2.05) is 44.2 Å². The van der Waals surface area contributed by atoms with E-state index in [2.05, 4.69) is 9.71 Å². The highest BCUT2D eigenvalue weighted by atomic mass is 32.2. The minimum Gasteiger partial charge on any atom is -0.511 e. The molecule has 2 aromatic carbocycles. The lowest BCUT2D eigenvalue weighted by molar-refractivity contribution is -0.117. The SMILES string of the molecule is CC1(C)CC(=O)C(C=Nc2ccc(S(=O)(=O)NCCc3ccccc3)cc2)=C(O)C1. The number of aliphatic hydroxyl groups excluding tert-OH is 1. The van der Waals surface area contributed by atoms with Crippen LogP contribution < -0.4 is 4.72 Å². The van der Waals surface area contributed by atoms with Gasteiger partial charge in [-0.25, -0.2) is 13.1 Å². The summed E-state index contributed by atoms with van der Waals surface area (Å²) in [6.45, 7) is 4.17. The Morgan fingerprint density at radius 3 is 2.37 bits per heavy atom. The van der Waals surface area contributed by atoms with E-state index in [0.717, 1.165) is 5.56 Å². The second-order valence-corrected chi connectivity index (χ2v) is 9.95. The normalized spacial score (nSPS) is 16.9. The van der Waals surface area contributed by atoms with Gasteiger partial charge in [0.15, 0.2) is 5.78 Å². The molecular formula is C23H26N2O4S. The maximum absolute atomic E-state index is 12.5. The number of hydrogen-bond donors (Lipinski definition) is 2. The van der Waals surface area contributed by atoms with E-state index in [1.165, 1.54) is 18.3 Å². The third kappa shape index (κ3) is 5.64. The molecule has 0 amide bonds. The average molecular weight is 427 g/mol. The molecule has 0 radical (unpaired) electrons. The van der Waals surface area contributed by atoms with Gasteiger partial charge in [-0.1, -0.05) is 44.2 Å². The molecule has 0 saturated heterocycles. The lowest BCUT2D eigenvalue weighted by Gasteiger charge is -2.28. The number of hydrogen-bond acceptors (Lipinski definition) is 5. The van der Waals surface area contributed by atoms with E-state index in [9.17, 15) is 18.3 Å². The molecule has 1 aliphatic carbocycles. The Hall–Kier alpha value is -2.77. The predicted molar refractivity (Wildman–Crippen MR) is 118 cm³/mol. The van der Waals surface area contributed by atoms with E-state index in [0.29, 0.717) is 31.5 Å². The molecule has 0 fully saturated rings. The minimum atomic E-state index is -3.62. The van der Waals surface area contributed by atoms with Gasteiger partial charge in [-0.05, 0) is 41.7 Å². The number of aliphatic hydroxyl groups is 1. The standard InChI is InChI=1S/C23H26N2O4S/c1-23(2)14-21(26)20(22(27)15-23)16-24-18-8-10-19(11-9-18)30(28,29)25-13-12-17-6-4-3-5-7-17/h3-11,16,25-26H,12-15H2,1-2H3. The zero-order valence-corrected chi connectivity index (χ0v) is 17.9. The number of nitrogens with zero attached hydrogens (tertiary/aromatic N) is 1. The van der Waals surface area contributed by atoms with Gasteiger partial charge in [-0.2, -0.15) is 0 Å². The summed E-state index contributed by atoms with van der Waals surface area (Å²) in [6, 6.07) is 15.7. The lowest BCUT2D eigenvalue weighted by atomic mass is 9.77. The molecular weight excluding hydrogens is 400 g/mol. The molecule has 0 aliphatic heterocycles. The molecule has 30 heavy (non-hydrogen) atoms. The molecule has 1 aliphatic rings. The van der Waals surface area contributed by atoms with Crippen molar-refractivity contribution in [3.8, 4) is 0 Å². The van der Waals surface area contributed by atoms with Gasteiger partial charge < -0.3 is 5.11 Å². The highest BCUT2D eigenvalue weighted by molar-refractivity contribution is 7.89. The molecule has 0 unspecified atom stereocenters. The summed E-state index contributed by atoms with van der Waals surface area (Å²) in [7, 11) is -3.62. The Morgan fingerprint density at radius 1 is 1.07 bits per heavy atom. The molecule has 0 bridgehead atoms. The molecule has 0 heterocycles. The van der Waals surface area contributed by atoms with Gasteiger partial charge in [0.2, 0.25) is 10.0 Å². The highest BCUT2D eigenvalue weighted by Crippen LogP contribution is 2.35. The smallest absolute Gasteiger partial charge is 0.240 e. The molecule has 6 nitrogen and oxygen atoms in total. The Kier molecular flexibility index (Phi) is 6.53. The fourth-order valence-corrected chi connectivity index (χ4v) is 4.39. The molecule has 2 N–H and O–H groups in total. The average Bonchev–Trinajstić information content (AvgIpc) is 2.67. The number of carbonyl (C=O) groups excluding carboxylic acids is 1. The number of benzene rings is 2. The number of ketones is 1. The molecule has 0 aromatic heterocycles. The first-order valence-corrected chi connectivity index (χ1v) is 11.3. The van der Waals surface area contributed by atoms with E-state index in [4.69, 9.17) is 0 Å². The number of rotatable bonds is 7. The number of sulfonamides is 1. The molecule has 7 heteroatoms. The summed E-state index contributed by atoms with van der Waals surface area (Å²) in [5.41, 5.74) is 1.51. The quantitative estimate of drug-likeness (QED) is 0.651. The van der Waals surface area contributed by atoms with Crippen molar-refractivity contribution >= 4 is 27.7 Å². The topological polar surface area (TPSA) is 95.8 Å². The summed E-state index contributed by atoms with van der Waals surface area (Å²) in [5, 5.41) is 10.1. The van der Waals surface area contributed by atoms with Gasteiger partial charge in [0.05, 0.1) is 16.2 Å². The van der Waals surface area contributed by atoms with Crippen LogP contribution in [0.5, 0.6) is 0 Å². The lowest BCUT2D eigenvalue weighted by Crippen LogP contribution is -2.26. The van der Waals surface area contributed by atoms with Gasteiger partial charge in [0.25, 0.3) is 0 Å². The third-order valence-corrected chi connectivity index (χ3v) is 6.41. The first-order valence-electron chi connectivity index (χ1n) is 9.79. The van der Waals surface area contributed by atoms with Crippen LogP contribution in [-0.4, -0.2) is 32.1 Å². The van der Waals surface area contributed by atoms with Crippen LogP contribution in [0.3, 0.4) is 0 Å². The highest BCUT2D eigenvalue weighted by Gasteiger charge is 2.32. The van der Waals surface area contributed by atoms with Gasteiger partial charge >= 0.3 is 0 Å². The summed E-state index contributed by atoms with van der Waals surface area (Å²) >= 11 is 0. The van der Waals surface area contributed by atoms with Gasteiger partial charge in [0, 0.05) is 25.6 Å². The van der Waals surface area contributed by atoms with Crippen molar-refractivity contribution in [2.45, 2.75) is 38.0 Å². The second kappa shape index (κ2) is 8.93. The monoisotopic (exact) mass is 426 g/mol. The van der Waals surface area contributed by atoms with E-state index in [-0.39, 0.29) is 27.4 Å². The van der Waals surface area contributed by atoms with Crippen molar-refractivity contribution in [1.29, 1.82) is 0 Å². The van der Waals surface area contributed by atoms with Crippen molar-refractivity contribution < 1.29 is 18.3 Å². The van der Waals surface area contributed by atoms with Crippen LogP contribution in [0.2, 0.25) is 0 Å². The maximum atomic E-state index is 12.5. The van der Waals surface area contributed by atoms with Crippen molar-refractivity contribution in [1.82, 2.24) is 4.72 Å². The van der Waals surface area contributed by atoms with Crippen molar-refractivity contribution in [2.75, 3.05) is 6.54 Å². The molecule has 2 aromatic rings. The maximum Gasteiger partial charge on any atom is 0.240 e. The first kappa shape index (κ1) is 21.9. The second-order valence-electron chi connectivity index (χ2n) is 8.19. The fourth-order valence-electron chi connectivity index (χ4n) is 3.36. The third-order valence-electron chi connectivity index (χ3n) is 4.93. The van der Waals surface area contributed by atoms with E-state index >= 15 is 0 Å². The number of Topliss-reactive ketones (excluding diaryl/α,β-unsaturated/α-hetero) is 1. The number of carbonyl (C=O) groups is 1. The number of allylic oxidation sites excluding steroid dienone is 2. The Labute approximate surface area is 177 Å². The summed E-state index contributed by atoms with van der Waals surface area (Å²) in [4.78, 5) is 16.6. The van der Waals surface area contributed by atoms with Gasteiger partial charge in [0.1, 0.15) is 5.76 Å². The Balaban J connectivity index is 1.64. The van der Waals surface area contributed by atoms with Crippen molar-refractivity contribution in [2.24, 2.45) is 10.4 Å². The molecule has 0 saturated carbocycles. The van der Waals surface area contributed by atoms with Crippen molar-refractivity contribution in [3.63, 3.8) is 0 Å². The summed E-state index contributed by atoms with van der Waals surface area (Å²) in [5.74, 6) is -0.101. The molecule has 158 valence electrons. The van der Waals surface area contributed by atoms with Gasteiger partial charge in [-0.3, -0.25) is 9.79 Å². The largest absolute Gasteiger partial charge is 0.511 e. The minimum absolute atomic E-state index is 0.0433. The van der Waals surface area contributed by atoms with E-state index in [1.54, 1.807) is 12.1 Å². The molecule has 0 atom stereocenters. The Bertz CT molecular complexity index is 1070. The zero-order chi connectivity index (χ0) is 21.8. The van der Waals surface area contributed by atoms with Crippen LogP contribution >= 0.6 is 0 Å². The zero-order valence-electron chi connectivity index (χ0n) is 17.1. The van der Waals surface area contributed by atoms with Crippen LogP contribution in [0.1, 0.15) is 32.3 Å². The summed E-state index contributed by atoms with van der Waals surface area (Å²) < 4.78 is 27.5. The first-order chi connectivity index (χ1) is 14.2. The number of nitrogens with one attached hydrogen (secondary N) is 1. The predicted octanol–water partition coefficient (Wildman–Crippen LogP) is 4.11. The van der Waals surface area contributed by atoms with Gasteiger partial charge in [-0.15, -0.1) is 0 Å². The fraction of sp³-hybridized carbons (Fsp3) is 0.304. The van der Waals surface area contributed by atoms with Crippen LogP contribution in [0.25, 0.3) is 0 Å². The van der Waals surface area contributed by atoms with Crippen LogP contribution in [-0.2, 0) is 21.2 Å². The molecule has 3 rings (SSSR count). The Morgan fingerprint density at radius 2 is 1.73 bits per heavy atom. The van der Waals surface area contributed by atoms with E-state index < -0.39 is 10.0 Å². The summed E-state index contributed by atoms with van der Waals surface area (Å²) in [6.07, 6.45) is 2.73.